The molecule has 1 aromatic rings. The van der Waals surface area contributed by atoms with Crippen LogP contribution < -0.4 is 4.90 Å². The topological polar surface area (TPSA) is 67.7 Å². The van der Waals surface area contributed by atoms with Gasteiger partial charge in [0.05, 0.1) is 17.8 Å². The van der Waals surface area contributed by atoms with Crippen molar-refractivity contribution >= 4 is 17.5 Å². The number of likely N-dealkylation sites (tertiary alicyclic amines) is 1. The van der Waals surface area contributed by atoms with Gasteiger partial charge in [0.1, 0.15) is 0 Å². The Kier molecular flexibility index (Phi) is 3.60. The molecule has 3 saturated heterocycles. The number of hydrogen-bond donors (Lipinski definition) is 0. The van der Waals surface area contributed by atoms with Crippen molar-refractivity contribution in [3.8, 4) is 0 Å². The average molecular weight is 318 g/mol. The van der Waals surface area contributed by atoms with E-state index in [9.17, 15) is 9.59 Å². The van der Waals surface area contributed by atoms with Gasteiger partial charge in [-0.05, 0) is 12.8 Å². The van der Waals surface area contributed by atoms with E-state index in [-0.39, 0.29) is 29.6 Å². The number of amides is 2. The van der Waals surface area contributed by atoms with E-state index in [1.165, 1.54) is 0 Å². The van der Waals surface area contributed by atoms with Crippen molar-refractivity contribution in [1.82, 2.24) is 14.7 Å². The number of hydrogen-bond acceptors (Lipinski definition) is 4. The predicted molar refractivity (Wildman–Crippen MR) is 82.7 cm³/mol. The minimum atomic E-state index is -0.0565. The lowest BCUT2D eigenvalue weighted by molar-refractivity contribution is -0.137. The van der Waals surface area contributed by atoms with E-state index in [4.69, 9.17) is 4.74 Å². The second-order valence-corrected chi connectivity index (χ2v) is 6.82. The van der Waals surface area contributed by atoms with Gasteiger partial charge in [0, 0.05) is 57.9 Å². The molecule has 0 saturated carbocycles. The van der Waals surface area contributed by atoms with Crippen LogP contribution in [0.5, 0.6) is 0 Å². The highest BCUT2D eigenvalue weighted by Crippen LogP contribution is 2.36. The maximum Gasteiger partial charge on any atom is 0.232 e. The number of fused-ring (bicyclic) bond motifs is 1. The van der Waals surface area contributed by atoms with Crippen LogP contribution in [0.1, 0.15) is 12.8 Å². The van der Waals surface area contributed by atoms with E-state index in [1.54, 1.807) is 10.9 Å². The Morgan fingerprint density at radius 3 is 2.70 bits per heavy atom. The zero-order chi connectivity index (χ0) is 16.0. The molecule has 0 spiro atoms. The van der Waals surface area contributed by atoms with Crippen molar-refractivity contribution in [2.24, 2.45) is 24.8 Å². The van der Waals surface area contributed by atoms with Crippen molar-refractivity contribution in [1.29, 1.82) is 0 Å². The van der Waals surface area contributed by atoms with Crippen LogP contribution in [-0.2, 0) is 21.4 Å². The molecule has 0 aromatic carbocycles. The van der Waals surface area contributed by atoms with Crippen molar-refractivity contribution in [2.75, 3.05) is 37.7 Å². The summed E-state index contributed by atoms with van der Waals surface area (Å²) in [5, 5.41) is 4.14. The van der Waals surface area contributed by atoms with E-state index >= 15 is 0 Å². The van der Waals surface area contributed by atoms with E-state index in [0.29, 0.717) is 32.8 Å². The number of carbonyl (C=O) groups is 2. The fourth-order valence-electron chi connectivity index (χ4n) is 4.02. The normalized spacial score (nSPS) is 28.5. The summed E-state index contributed by atoms with van der Waals surface area (Å²) in [5.41, 5.74) is 0.856. The molecular formula is C16H22N4O3. The van der Waals surface area contributed by atoms with E-state index in [0.717, 1.165) is 18.5 Å². The highest BCUT2D eigenvalue weighted by atomic mass is 16.5. The highest BCUT2D eigenvalue weighted by Gasteiger charge is 2.48. The van der Waals surface area contributed by atoms with Crippen molar-refractivity contribution in [3.05, 3.63) is 12.4 Å². The molecule has 0 unspecified atom stereocenters. The Labute approximate surface area is 135 Å². The molecule has 3 fully saturated rings. The van der Waals surface area contributed by atoms with Crippen LogP contribution >= 0.6 is 0 Å². The highest BCUT2D eigenvalue weighted by molar-refractivity contribution is 5.98. The lowest BCUT2D eigenvalue weighted by Gasteiger charge is -2.27. The number of ether oxygens (including phenoxy) is 1. The van der Waals surface area contributed by atoms with Crippen LogP contribution in [0.3, 0.4) is 0 Å². The summed E-state index contributed by atoms with van der Waals surface area (Å²) in [6, 6.07) is 0. The Bertz CT molecular complexity index is 623. The van der Waals surface area contributed by atoms with Crippen LogP contribution in [0.2, 0.25) is 0 Å². The first-order valence-corrected chi connectivity index (χ1v) is 8.30. The van der Waals surface area contributed by atoms with Gasteiger partial charge in [0.25, 0.3) is 0 Å². The monoisotopic (exact) mass is 318 g/mol. The maximum absolute atomic E-state index is 12.7. The van der Waals surface area contributed by atoms with Crippen LogP contribution in [0.25, 0.3) is 0 Å². The fraction of sp³-hybridized carbons (Fsp3) is 0.688. The third kappa shape index (κ3) is 2.52. The zero-order valence-electron chi connectivity index (χ0n) is 13.4. The molecule has 1 aromatic heterocycles. The lowest BCUT2D eigenvalue weighted by Crippen LogP contribution is -2.40. The molecule has 124 valence electrons. The van der Waals surface area contributed by atoms with E-state index < -0.39 is 0 Å². The fourth-order valence-corrected chi connectivity index (χ4v) is 4.02. The molecule has 4 rings (SSSR count). The molecule has 7 heteroatoms. The summed E-state index contributed by atoms with van der Waals surface area (Å²) < 4.78 is 7.04. The Balaban J connectivity index is 1.42. The van der Waals surface area contributed by atoms with Crippen LogP contribution in [-0.4, -0.2) is 59.3 Å². The predicted octanol–water partition coefficient (Wildman–Crippen LogP) is 0.268. The van der Waals surface area contributed by atoms with Gasteiger partial charge in [0.15, 0.2) is 0 Å². The number of carbonyl (C=O) groups excluding carboxylic acids is 2. The number of aromatic nitrogens is 2. The second kappa shape index (κ2) is 5.63. The molecule has 0 N–H and O–H groups in total. The molecule has 2 atom stereocenters. The van der Waals surface area contributed by atoms with Gasteiger partial charge in [-0.3, -0.25) is 14.3 Å². The molecule has 0 bridgehead atoms. The van der Waals surface area contributed by atoms with Gasteiger partial charge in [-0.2, -0.15) is 5.10 Å². The third-order valence-electron chi connectivity index (χ3n) is 5.33. The molecule has 23 heavy (non-hydrogen) atoms. The summed E-state index contributed by atoms with van der Waals surface area (Å²) >= 11 is 0. The van der Waals surface area contributed by atoms with E-state index in [1.807, 2.05) is 23.0 Å². The van der Waals surface area contributed by atoms with Gasteiger partial charge in [-0.1, -0.05) is 0 Å². The lowest BCUT2D eigenvalue weighted by atomic mass is 9.99. The summed E-state index contributed by atoms with van der Waals surface area (Å²) in [5.74, 6) is 0.603. The van der Waals surface area contributed by atoms with Gasteiger partial charge in [-0.15, -0.1) is 0 Å². The molecule has 2 amide bonds. The smallest absolute Gasteiger partial charge is 0.232 e. The first-order valence-electron chi connectivity index (χ1n) is 8.30. The summed E-state index contributed by atoms with van der Waals surface area (Å²) in [6.07, 6.45) is 5.20. The van der Waals surface area contributed by atoms with Crippen molar-refractivity contribution < 1.29 is 14.3 Å². The number of nitrogens with zero attached hydrogens (tertiary/aromatic N) is 4. The number of aryl methyl sites for hydroxylation is 1. The third-order valence-corrected chi connectivity index (χ3v) is 5.33. The molecule has 3 aliphatic heterocycles. The molecule has 0 radical (unpaired) electrons. The Morgan fingerprint density at radius 2 is 2.04 bits per heavy atom. The zero-order valence-corrected chi connectivity index (χ0v) is 13.4. The van der Waals surface area contributed by atoms with Gasteiger partial charge in [0.2, 0.25) is 11.8 Å². The largest absolute Gasteiger partial charge is 0.381 e. The number of anilines is 1. The maximum atomic E-state index is 12.7. The molecular weight excluding hydrogens is 296 g/mol. The summed E-state index contributed by atoms with van der Waals surface area (Å²) in [7, 11) is 1.85. The minimum Gasteiger partial charge on any atom is -0.381 e. The van der Waals surface area contributed by atoms with Gasteiger partial charge < -0.3 is 14.5 Å². The standard InChI is InChI=1S/C16H22N4O3/c1-18-9-13(6-17-18)20-8-12-7-19(10-14(12)16(20)22)15(21)11-2-4-23-5-3-11/h6,9,11-12,14H,2-5,7-8,10H2,1H3/t12-,14-/m1/s1. The SMILES string of the molecule is Cn1cc(N2C[C@H]3CN(C(=O)C4CCOCC4)C[C@H]3C2=O)cn1. The van der Waals surface area contributed by atoms with Crippen LogP contribution in [0.15, 0.2) is 12.4 Å². The van der Waals surface area contributed by atoms with Gasteiger partial charge >= 0.3 is 0 Å². The summed E-state index contributed by atoms with van der Waals surface area (Å²) in [6.45, 7) is 3.29. The summed E-state index contributed by atoms with van der Waals surface area (Å²) in [4.78, 5) is 29.0. The molecule has 0 aliphatic carbocycles. The molecule has 7 nitrogen and oxygen atoms in total. The van der Waals surface area contributed by atoms with Crippen molar-refractivity contribution in [3.63, 3.8) is 0 Å². The van der Waals surface area contributed by atoms with Crippen LogP contribution in [0, 0.1) is 17.8 Å². The minimum absolute atomic E-state index is 0.0565. The van der Waals surface area contributed by atoms with Gasteiger partial charge in [-0.25, -0.2) is 0 Å². The number of rotatable bonds is 2. The average Bonchev–Trinajstić information content (AvgIpc) is 3.24. The first kappa shape index (κ1) is 14.7. The van der Waals surface area contributed by atoms with E-state index in [2.05, 4.69) is 5.10 Å². The molecule has 4 heterocycles. The Hall–Kier alpha value is -1.89. The quantitative estimate of drug-likeness (QED) is 0.785. The molecule has 3 aliphatic rings. The van der Waals surface area contributed by atoms with Crippen LogP contribution in [0.4, 0.5) is 5.69 Å². The Morgan fingerprint density at radius 1 is 1.26 bits per heavy atom. The second-order valence-electron chi connectivity index (χ2n) is 6.82. The first-order chi connectivity index (χ1) is 11.1. The van der Waals surface area contributed by atoms with Crippen molar-refractivity contribution in [2.45, 2.75) is 12.8 Å².